The Morgan fingerprint density at radius 3 is 2.25 bits per heavy atom. The first-order valence-corrected chi connectivity index (χ1v) is 7.00. The lowest BCUT2D eigenvalue weighted by atomic mass is 10.1. The molecule has 0 atom stereocenters. The number of carbonyl (C=O) groups is 1. The van der Waals surface area contributed by atoms with Crippen molar-refractivity contribution in [3.63, 3.8) is 0 Å². The summed E-state index contributed by atoms with van der Waals surface area (Å²) in [4.78, 5) is 15.6. The van der Waals surface area contributed by atoms with E-state index in [1.807, 2.05) is 36.4 Å². The maximum atomic E-state index is 11.4. The molecule has 0 aliphatic heterocycles. The van der Waals surface area contributed by atoms with Gasteiger partial charge in [0, 0.05) is 5.69 Å². The van der Waals surface area contributed by atoms with E-state index in [4.69, 9.17) is 10.5 Å². The smallest absolute Gasteiger partial charge is 0.337 e. The maximum absolute atomic E-state index is 11.4. The van der Waals surface area contributed by atoms with Gasteiger partial charge in [0.25, 0.3) is 0 Å². The Bertz CT molecular complexity index is 685. The summed E-state index contributed by atoms with van der Waals surface area (Å²) in [6.07, 6.45) is 0. The van der Waals surface area contributed by atoms with Gasteiger partial charge < -0.3 is 20.5 Å². The second-order valence-electron chi connectivity index (χ2n) is 4.74. The molecule has 0 bridgehead atoms. The van der Waals surface area contributed by atoms with Crippen LogP contribution in [-0.2, 0) is 11.3 Å². The minimum atomic E-state index is -0.360. The van der Waals surface area contributed by atoms with Crippen molar-refractivity contribution in [2.75, 3.05) is 19.5 Å². The molecule has 128 valence electrons. The van der Waals surface area contributed by atoms with Crippen molar-refractivity contribution in [3.05, 3.63) is 59.7 Å². The standard InChI is InChI=1S/C17H19N3O3.HI/c1-22-15-9-7-14(8-10-15)20-17(18)19-11-12-3-5-13(6-4-12)16(21)23-2;/h3-10H,11H2,1-2H3,(H3,18,19,20);1H. The van der Waals surface area contributed by atoms with Crippen LogP contribution in [-0.4, -0.2) is 26.1 Å². The number of rotatable bonds is 5. The number of anilines is 1. The average Bonchev–Trinajstić information content (AvgIpc) is 2.60. The zero-order valence-electron chi connectivity index (χ0n) is 13.5. The summed E-state index contributed by atoms with van der Waals surface area (Å²) in [5, 5.41) is 3.00. The Hall–Kier alpha value is -2.29. The highest BCUT2D eigenvalue weighted by Crippen LogP contribution is 2.14. The van der Waals surface area contributed by atoms with Gasteiger partial charge in [-0.25, -0.2) is 9.79 Å². The van der Waals surface area contributed by atoms with E-state index in [1.165, 1.54) is 7.11 Å². The van der Waals surface area contributed by atoms with E-state index in [9.17, 15) is 4.79 Å². The molecular formula is C17H20IN3O3. The van der Waals surface area contributed by atoms with Crippen LogP contribution in [0.5, 0.6) is 5.75 Å². The molecule has 6 nitrogen and oxygen atoms in total. The summed E-state index contributed by atoms with van der Waals surface area (Å²) in [6.45, 7) is 0.413. The number of hydrogen-bond acceptors (Lipinski definition) is 4. The summed E-state index contributed by atoms with van der Waals surface area (Å²) >= 11 is 0. The normalized spacial score (nSPS) is 10.5. The number of esters is 1. The third-order valence-electron chi connectivity index (χ3n) is 3.17. The molecule has 0 heterocycles. The van der Waals surface area contributed by atoms with Crippen molar-refractivity contribution in [1.82, 2.24) is 0 Å². The van der Waals surface area contributed by atoms with Crippen molar-refractivity contribution >= 4 is 41.6 Å². The van der Waals surface area contributed by atoms with Crippen LogP contribution in [0, 0.1) is 0 Å². The topological polar surface area (TPSA) is 85.9 Å². The van der Waals surface area contributed by atoms with Crippen molar-refractivity contribution in [1.29, 1.82) is 0 Å². The van der Waals surface area contributed by atoms with E-state index in [2.05, 4.69) is 15.0 Å². The fraction of sp³-hybridized carbons (Fsp3) is 0.176. The third-order valence-corrected chi connectivity index (χ3v) is 3.17. The van der Waals surface area contributed by atoms with Crippen LogP contribution in [0.1, 0.15) is 15.9 Å². The SMILES string of the molecule is COC(=O)c1ccc(CN=C(N)Nc2ccc(OC)cc2)cc1.I. The molecule has 2 aromatic rings. The molecule has 7 heteroatoms. The molecule has 0 radical (unpaired) electrons. The summed E-state index contributed by atoms with van der Waals surface area (Å²) in [6, 6.07) is 14.4. The van der Waals surface area contributed by atoms with Crippen LogP contribution >= 0.6 is 24.0 Å². The van der Waals surface area contributed by atoms with Crippen LogP contribution < -0.4 is 15.8 Å². The van der Waals surface area contributed by atoms with E-state index >= 15 is 0 Å². The van der Waals surface area contributed by atoms with E-state index in [-0.39, 0.29) is 29.9 Å². The molecule has 0 fully saturated rings. The fourth-order valence-electron chi connectivity index (χ4n) is 1.90. The van der Waals surface area contributed by atoms with Gasteiger partial charge in [0.15, 0.2) is 5.96 Å². The number of halogens is 1. The van der Waals surface area contributed by atoms with Crippen molar-refractivity contribution < 1.29 is 14.3 Å². The Morgan fingerprint density at radius 2 is 1.71 bits per heavy atom. The van der Waals surface area contributed by atoms with Crippen LogP contribution in [0.2, 0.25) is 0 Å². The number of ether oxygens (including phenoxy) is 2. The van der Waals surface area contributed by atoms with Gasteiger partial charge in [-0.2, -0.15) is 0 Å². The lowest BCUT2D eigenvalue weighted by molar-refractivity contribution is 0.0600. The van der Waals surface area contributed by atoms with Gasteiger partial charge in [0.2, 0.25) is 0 Å². The number of hydrogen-bond donors (Lipinski definition) is 2. The molecule has 0 saturated heterocycles. The summed E-state index contributed by atoms with van der Waals surface area (Å²) in [7, 11) is 2.97. The minimum absolute atomic E-state index is 0. The van der Waals surface area contributed by atoms with E-state index < -0.39 is 0 Å². The van der Waals surface area contributed by atoms with E-state index in [1.54, 1.807) is 19.2 Å². The highest BCUT2D eigenvalue weighted by Gasteiger charge is 2.04. The molecular weight excluding hydrogens is 421 g/mol. The van der Waals surface area contributed by atoms with Crippen molar-refractivity contribution in [2.24, 2.45) is 10.7 Å². The van der Waals surface area contributed by atoms with Crippen molar-refractivity contribution in [2.45, 2.75) is 6.54 Å². The molecule has 0 amide bonds. The van der Waals surface area contributed by atoms with Gasteiger partial charge in [-0.15, -0.1) is 24.0 Å². The first-order valence-electron chi connectivity index (χ1n) is 7.00. The van der Waals surface area contributed by atoms with Crippen LogP contribution in [0.25, 0.3) is 0 Å². The first-order chi connectivity index (χ1) is 11.1. The lowest BCUT2D eigenvalue weighted by Gasteiger charge is -2.07. The van der Waals surface area contributed by atoms with Crippen LogP contribution in [0.15, 0.2) is 53.5 Å². The number of nitrogens with zero attached hydrogens (tertiary/aromatic N) is 1. The highest BCUT2D eigenvalue weighted by atomic mass is 127. The van der Waals surface area contributed by atoms with E-state index in [0.29, 0.717) is 18.1 Å². The zero-order chi connectivity index (χ0) is 16.7. The highest BCUT2D eigenvalue weighted by molar-refractivity contribution is 14.0. The zero-order valence-corrected chi connectivity index (χ0v) is 15.8. The number of methoxy groups -OCH3 is 2. The largest absolute Gasteiger partial charge is 0.497 e. The molecule has 24 heavy (non-hydrogen) atoms. The van der Waals surface area contributed by atoms with Crippen molar-refractivity contribution in [3.8, 4) is 5.75 Å². The molecule has 2 rings (SSSR count). The lowest BCUT2D eigenvalue weighted by Crippen LogP contribution is -2.22. The molecule has 2 aromatic carbocycles. The molecule has 0 unspecified atom stereocenters. The number of guanidine groups is 1. The van der Waals surface area contributed by atoms with Gasteiger partial charge in [-0.05, 0) is 42.0 Å². The Balaban J connectivity index is 0.00000288. The molecule has 0 saturated carbocycles. The second kappa shape index (κ2) is 9.76. The monoisotopic (exact) mass is 441 g/mol. The molecule has 0 aromatic heterocycles. The van der Waals surface area contributed by atoms with Gasteiger partial charge >= 0.3 is 5.97 Å². The molecule has 0 aliphatic rings. The second-order valence-corrected chi connectivity index (χ2v) is 4.74. The van der Waals surface area contributed by atoms with Gasteiger partial charge in [0.1, 0.15) is 5.75 Å². The van der Waals surface area contributed by atoms with Crippen LogP contribution in [0.3, 0.4) is 0 Å². The number of nitrogens with one attached hydrogen (secondary N) is 1. The Labute approximate surface area is 158 Å². The first kappa shape index (κ1) is 19.8. The van der Waals surface area contributed by atoms with Gasteiger partial charge in [0.05, 0.1) is 26.3 Å². The summed E-state index contributed by atoms with van der Waals surface area (Å²) in [5.74, 6) is 0.727. The molecule has 3 N–H and O–H groups in total. The molecule has 0 spiro atoms. The molecule has 0 aliphatic carbocycles. The number of carbonyl (C=O) groups excluding carboxylic acids is 1. The van der Waals surface area contributed by atoms with Gasteiger partial charge in [-0.1, -0.05) is 12.1 Å². The maximum Gasteiger partial charge on any atom is 0.337 e. The average molecular weight is 441 g/mol. The van der Waals surface area contributed by atoms with E-state index in [0.717, 1.165) is 17.0 Å². The number of aliphatic imine (C=N–C) groups is 1. The number of nitrogens with two attached hydrogens (primary N) is 1. The predicted octanol–water partition coefficient (Wildman–Crippen LogP) is 3.03. The Kier molecular flexibility index (Phi) is 8.03. The quantitative estimate of drug-likeness (QED) is 0.323. The van der Waals surface area contributed by atoms with Gasteiger partial charge in [-0.3, -0.25) is 0 Å². The summed E-state index contributed by atoms with van der Waals surface area (Å²) < 4.78 is 9.74. The predicted molar refractivity (Wildman–Crippen MR) is 105 cm³/mol. The third kappa shape index (κ3) is 5.73. The Morgan fingerprint density at radius 1 is 1.08 bits per heavy atom. The minimum Gasteiger partial charge on any atom is -0.497 e. The summed E-state index contributed by atoms with van der Waals surface area (Å²) in [5.41, 5.74) is 8.13. The fourth-order valence-corrected chi connectivity index (χ4v) is 1.90. The van der Waals surface area contributed by atoms with Crippen LogP contribution in [0.4, 0.5) is 5.69 Å². The number of benzene rings is 2.